The van der Waals surface area contributed by atoms with E-state index in [-0.39, 0.29) is 28.5 Å². The lowest BCUT2D eigenvalue weighted by Gasteiger charge is -2.57. The lowest BCUT2D eigenvalue weighted by molar-refractivity contribution is -0.00527. The molecule has 11 aliphatic rings. The van der Waals surface area contributed by atoms with Gasteiger partial charge in [0.05, 0.1) is 5.69 Å². The van der Waals surface area contributed by atoms with Crippen LogP contribution in [0.15, 0.2) is 150 Å². The minimum Gasteiger partial charge on any atom is -0.455 e. The van der Waals surface area contributed by atoms with Gasteiger partial charge in [0.2, 0.25) is 0 Å². The summed E-state index contributed by atoms with van der Waals surface area (Å²) in [7, 11) is 0. The molecule has 2 aromatic heterocycles. The van der Waals surface area contributed by atoms with Gasteiger partial charge < -0.3 is 13.8 Å². The highest BCUT2D eigenvalue weighted by Gasteiger charge is 2.55. The molecule has 0 spiro atoms. The smallest absolute Gasteiger partial charge is 0.333 e. The van der Waals surface area contributed by atoms with Crippen LogP contribution >= 0.6 is 0 Å². The molecule has 21 rings (SSSR count). The molecule has 0 amide bonds. The van der Waals surface area contributed by atoms with E-state index >= 15 is 0 Å². The number of anilines is 3. The fourth-order valence-corrected chi connectivity index (χ4v) is 21.6. The number of nitrogens with zero attached hydrogens (tertiary/aromatic N) is 2. The summed E-state index contributed by atoms with van der Waals surface area (Å²) < 4.78 is 10.4. The van der Waals surface area contributed by atoms with Crippen LogP contribution in [0.2, 0.25) is 0 Å². The molecule has 2 aliphatic heterocycles. The number of furan rings is 1. The van der Waals surface area contributed by atoms with Gasteiger partial charge in [0.25, 0.3) is 0 Å². The van der Waals surface area contributed by atoms with Gasteiger partial charge in [-0.05, 0) is 239 Å². The maximum atomic E-state index is 7.53. The molecule has 82 heavy (non-hydrogen) atoms. The van der Waals surface area contributed by atoms with Gasteiger partial charge in [-0.25, -0.2) is 0 Å². The molecule has 8 bridgehead atoms. The molecule has 0 atom stereocenters. The minimum atomic E-state index is -0.245. The van der Waals surface area contributed by atoms with Gasteiger partial charge >= 0.3 is 6.85 Å². The molecule has 0 unspecified atom stereocenters. The highest BCUT2D eigenvalue weighted by Crippen LogP contribution is 2.64. The van der Waals surface area contributed by atoms with Crippen molar-refractivity contribution in [2.24, 2.45) is 35.5 Å². The van der Waals surface area contributed by atoms with Gasteiger partial charge in [0.1, 0.15) is 11.2 Å². The quantitative estimate of drug-likeness (QED) is 0.164. The summed E-state index contributed by atoms with van der Waals surface area (Å²) in [6, 6.07) is 58.7. The van der Waals surface area contributed by atoms with Gasteiger partial charge in [-0.15, -0.1) is 0 Å². The van der Waals surface area contributed by atoms with Gasteiger partial charge in [-0.2, -0.15) is 0 Å². The number of hydrogen-bond donors (Lipinski definition) is 0. The summed E-state index contributed by atoms with van der Waals surface area (Å²) in [4.78, 5) is 2.76. The van der Waals surface area contributed by atoms with Crippen molar-refractivity contribution in [1.29, 1.82) is 0 Å². The molecule has 8 saturated carbocycles. The molecule has 9 aliphatic carbocycles. The van der Waals surface area contributed by atoms with Gasteiger partial charge in [0.15, 0.2) is 0 Å². The van der Waals surface area contributed by atoms with Crippen molar-refractivity contribution in [2.75, 3.05) is 4.90 Å². The Morgan fingerprint density at radius 2 is 1.06 bits per heavy atom. The minimum absolute atomic E-state index is 0.0443. The van der Waals surface area contributed by atoms with Crippen LogP contribution in [0.1, 0.15) is 164 Å². The van der Waals surface area contributed by atoms with Crippen molar-refractivity contribution in [2.45, 2.75) is 153 Å². The maximum absolute atomic E-state index is 7.53. The number of para-hydroxylation sites is 1. The predicted octanol–water partition coefficient (Wildman–Crippen LogP) is 19.0. The first-order valence-electron chi connectivity index (χ1n) is 32.0. The van der Waals surface area contributed by atoms with E-state index in [1.165, 1.54) is 188 Å². The fourth-order valence-electron chi connectivity index (χ4n) is 21.6. The fraction of sp³-hybridized carbons (Fsp3) is 0.385. The van der Waals surface area contributed by atoms with E-state index < -0.39 is 0 Å². The first-order chi connectivity index (χ1) is 39.6. The average molecular weight is 1070 g/mol. The Kier molecular flexibility index (Phi) is 9.13. The van der Waals surface area contributed by atoms with E-state index in [1.54, 1.807) is 11.1 Å². The lowest BCUT2D eigenvalue weighted by atomic mass is 9.43. The van der Waals surface area contributed by atoms with E-state index in [0.717, 1.165) is 46.7 Å². The van der Waals surface area contributed by atoms with Crippen molar-refractivity contribution < 1.29 is 4.42 Å². The van der Waals surface area contributed by atoms with Crippen LogP contribution in [0, 0.1) is 35.5 Å². The second kappa shape index (κ2) is 15.7. The van der Waals surface area contributed by atoms with Crippen LogP contribution in [0.3, 0.4) is 0 Å². The van der Waals surface area contributed by atoms with Crippen LogP contribution in [0.4, 0.5) is 17.1 Å². The Labute approximate surface area is 484 Å². The maximum Gasteiger partial charge on any atom is 0.333 e. The zero-order chi connectivity index (χ0) is 54.7. The molecule has 8 fully saturated rings. The highest BCUT2D eigenvalue weighted by molar-refractivity contribution is 6.90. The summed E-state index contributed by atoms with van der Waals surface area (Å²) >= 11 is 0. The molecule has 0 saturated heterocycles. The van der Waals surface area contributed by atoms with Crippen LogP contribution in [0.25, 0.3) is 66.0 Å². The van der Waals surface area contributed by atoms with E-state index in [1.807, 2.05) is 0 Å². The second-order valence-corrected chi connectivity index (χ2v) is 30.9. The molecule has 8 aromatic carbocycles. The van der Waals surface area contributed by atoms with Crippen molar-refractivity contribution in [1.82, 2.24) is 4.48 Å². The largest absolute Gasteiger partial charge is 0.455 e. The number of hydrogen-bond acceptors (Lipinski definition) is 2. The third kappa shape index (κ3) is 6.15. The van der Waals surface area contributed by atoms with Crippen LogP contribution < -0.4 is 15.8 Å². The van der Waals surface area contributed by atoms with Gasteiger partial charge in [-0.3, -0.25) is 0 Å². The van der Waals surface area contributed by atoms with E-state index in [2.05, 4.69) is 203 Å². The SMILES string of the molecule is CC(C)(C)c1ccc(N2c3cc4c(cc3B3c5c2cc2c(oc6ccccc62)c5-c2cc(C56CC7CC(CC(C7)C5)C6)cc5c6cc(C78CC9CC(CC(C9)C7)C8)ccc6n3c25)C(C)(C)c2ccccc2C4(C)C)c(-c2ccccc2)c1. The molecular weight excluding hydrogens is 992 g/mol. The summed E-state index contributed by atoms with van der Waals surface area (Å²) in [5.74, 6) is 5.20. The molecular formula is C78H75BN2O. The van der Waals surface area contributed by atoms with E-state index in [4.69, 9.17) is 4.42 Å². The Hall–Kier alpha value is -6.78. The van der Waals surface area contributed by atoms with Crippen LogP contribution in [0.5, 0.6) is 0 Å². The summed E-state index contributed by atoms with van der Waals surface area (Å²) in [5, 5.41) is 5.36. The zero-order valence-electron chi connectivity index (χ0n) is 49.2. The first-order valence-corrected chi connectivity index (χ1v) is 32.0. The van der Waals surface area contributed by atoms with Crippen molar-refractivity contribution >= 4 is 78.6 Å². The van der Waals surface area contributed by atoms with Crippen molar-refractivity contribution in [3.8, 4) is 22.3 Å². The standard InChI is InChI=1S/C78H75BN2O/c1-74(2,3)51-21-23-65(55(31-51)50-15-9-8-10-16-50)80-67-37-63-62(75(4,5)60-18-12-13-19-61(60)76(63,6)7)36-64(67)79-71-68(80)35-58-54-17-11-14-20-69(54)82-73(58)70(71)59-34-53(78-41-47-28-48(42-78)30-49(29-47)43-78)33-57-56-32-52(22-24-66(56)81(79)72(57)59)77-38-44-25-45(39-77)27-46(26-44)40-77/h8-24,31-37,44-49H,25-30,38-43H2,1-7H3. The molecule has 4 heterocycles. The molecule has 0 radical (unpaired) electrons. The average Bonchev–Trinajstić information content (AvgIpc) is 1.35. The van der Waals surface area contributed by atoms with E-state index in [0.29, 0.717) is 5.41 Å². The van der Waals surface area contributed by atoms with E-state index in [9.17, 15) is 0 Å². The normalized spacial score (nSPS) is 28.1. The van der Waals surface area contributed by atoms with Crippen LogP contribution in [-0.4, -0.2) is 11.3 Å². The van der Waals surface area contributed by atoms with Crippen molar-refractivity contribution in [3.05, 3.63) is 185 Å². The lowest BCUT2D eigenvalue weighted by Crippen LogP contribution is -2.57. The monoisotopic (exact) mass is 1070 g/mol. The summed E-state index contributed by atoms with van der Waals surface area (Å²) in [6.45, 7) is 17.0. The van der Waals surface area contributed by atoms with Crippen LogP contribution in [-0.2, 0) is 27.1 Å². The first kappa shape index (κ1) is 47.7. The number of benzene rings is 8. The Bertz CT molecular complexity index is 4410. The predicted molar refractivity (Wildman–Crippen MR) is 342 cm³/mol. The Morgan fingerprint density at radius 1 is 0.476 bits per heavy atom. The molecule has 0 N–H and O–H groups in total. The number of aromatic nitrogens is 1. The third-order valence-corrected chi connectivity index (χ3v) is 24.4. The highest BCUT2D eigenvalue weighted by atomic mass is 16.3. The third-order valence-electron chi connectivity index (χ3n) is 24.4. The summed E-state index contributed by atoms with van der Waals surface area (Å²) in [5.41, 5.74) is 26.8. The Balaban J connectivity index is 0.977. The topological polar surface area (TPSA) is 21.3 Å². The molecule has 4 heteroatoms. The second-order valence-electron chi connectivity index (χ2n) is 30.9. The molecule has 10 aromatic rings. The van der Waals surface area contributed by atoms with Gasteiger partial charge in [-0.1, -0.05) is 139 Å². The number of fused-ring (bicyclic) bond motifs is 13. The van der Waals surface area contributed by atoms with Crippen molar-refractivity contribution in [3.63, 3.8) is 0 Å². The Morgan fingerprint density at radius 3 is 1.71 bits per heavy atom. The summed E-state index contributed by atoms with van der Waals surface area (Å²) in [6.07, 6.45) is 16.8. The molecule has 406 valence electrons. The zero-order valence-corrected chi connectivity index (χ0v) is 49.2. The number of rotatable bonds is 4. The molecule has 3 nitrogen and oxygen atoms in total. The van der Waals surface area contributed by atoms with Gasteiger partial charge in [0, 0.05) is 71.5 Å².